The topological polar surface area (TPSA) is 50.4 Å². The molecule has 2 rings (SSSR count). The van der Waals surface area contributed by atoms with Gasteiger partial charge >= 0.3 is 0 Å². The first-order chi connectivity index (χ1) is 7.79. The van der Waals surface area contributed by atoms with Gasteiger partial charge in [-0.1, -0.05) is 6.92 Å². The highest BCUT2D eigenvalue weighted by molar-refractivity contribution is 7.16. The zero-order valence-electron chi connectivity index (χ0n) is 9.34. The van der Waals surface area contributed by atoms with Crippen LogP contribution in [0.5, 0.6) is 0 Å². The molecule has 0 unspecified atom stereocenters. The molecule has 1 aliphatic heterocycles. The van der Waals surface area contributed by atoms with E-state index < -0.39 is 0 Å². The highest BCUT2D eigenvalue weighted by atomic mass is 32.1. The molecule has 1 amide bonds. The van der Waals surface area contributed by atoms with Crippen molar-refractivity contribution in [1.29, 1.82) is 0 Å². The fraction of sp³-hybridized carbons (Fsp3) is 0.545. The number of carbonyl (C=O) groups is 1. The minimum atomic E-state index is 0.0152. The van der Waals surface area contributed by atoms with Gasteiger partial charge < -0.3 is 15.4 Å². The van der Waals surface area contributed by atoms with Crippen molar-refractivity contribution >= 4 is 22.2 Å². The Morgan fingerprint density at radius 2 is 2.50 bits per heavy atom. The predicted molar refractivity (Wildman–Crippen MR) is 64.9 cm³/mol. The summed E-state index contributed by atoms with van der Waals surface area (Å²) in [4.78, 5) is 12.7. The third-order valence-electron chi connectivity index (χ3n) is 2.44. The van der Waals surface area contributed by atoms with Crippen LogP contribution in [0.2, 0.25) is 0 Å². The lowest BCUT2D eigenvalue weighted by Crippen LogP contribution is -2.27. The van der Waals surface area contributed by atoms with Crippen LogP contribution in [0.1, 0.15) is 17.4 Å². The molecule has 16 heavy (non-hydrogen) atoms. The van der Waals surface area contributed by atoms with Gasteiger partial charge in [-0.2, -0.15) is 0 Å². The summed E-state index contributed by atoms with van der Waals surface area (Å²) in [7, 11) is 0. The number of carbonyl (C=O) groups excluding carboxylic acids is 1. The quantitative estimate of drug-likeness (QED) is 0.835. The second kappa shape index (κ2) is 5.43. The second-order valence-corrected chi connectivity index (χ2v) is 4.83. The van der Waals surface area contributed by atoms with E-state index in [0.717, 1.165) is 24.6 Å². The van der Waals surface area contributed by atoms with Crippen LogP contribution in [0.25, 0.3) is 0 Å². The standard InChI is InChI=1S/C11H16N2O2S/c1-2-12-6-10(14)13-11-5-8-3-4-15-7-9(8)16-11/h5,12H,2-4,6-7H2,1H3,(H,13,14). The Morgan fingerprint density at radius 3 is 3.25 bits per heavy atom. The molecule has 0 atom stereocenters. The molecule has 1 aliphatic rings. The SMILES string of the molecule is CCNCC(=O)Nc1cc2c(s1)COCC2. The predicted octanol–water partition coefficient (Wildman–Crippen LogP) is 1.37. The van der Waals surface area contributed by atoms with E-state index in [4.69, 9.17) is 4.74 Å². The van der Waals surface area contributed by atoms with Crippen LogP contribution in [0, 0.1) is 0 Å². The van der Waals surface area contributed by atoms with Crippen molar-refractivity contribution in [2.24, 2.45) is 0 Å². The first-order valence-corrected chi connectivity index (χ1v) is 6.31. The molecule has 0 saturated carbocycles. The molecular weight excluding hydrogens is 224 g/mol. The van der Waals surface area contributed by atoms with Crippen LogP contribution in [-0.4, -0.2) is 25.6 Å². The van der Waals surface area contributed by atoms with Crippen LogP contribution >= 0.6 is 11.3 Å². The van der Waals surface area contributed by atoms with Crippen molar-refractivity contribution in [3.8, 4) is 0 Å². The Bertz CT molecular complexity index is 353. The van der Waals surface area contributed by atoms with Crippen molar-refractivity contribution < 1.29 is 9.53 Å². The monoisotopic (exact) mass is 240 g/mol. The van der Waals surface area contributed by atoms with Crippen LogP contribution in [-0.2, 0) is 22.6 Å². The Labute approximate surface area is 99.0 Å². The van der Waals surface area contributed by atoms with Gasteiger partial charge in [-0.3, -0.25) is 4.79 Å². The van der Waals surface area contributed by atoms with Gasteiger partial charge in [0.2, 0.25) is 5.91 Å². The van der Waals surface area contributed by atoms with Gasteiger partial charge in [0.1, 0.15) is 0 Å². The molecule has 88 valence electrons. The maximum Gasteiger partial charge on any atom is 0.238 e. The molecule has 0 bridgehead atoms. The molecule has 0 aliphatic carbocycles. The van der Waals surface area contributed by atoms with E-state index in [1.54, 1.807) is 11.3 Å². The smallest absolute Gasteiger partial charge is 0.238 e. The van der Waals surface area contributed by atoms with Crippen LogP contribution < -0.4 is 10.6 Å². The summed E-state index contributed by atoms with van der Waals surface area (Å²) in [6.45, 7) is 4.63. The zero-order chi connectivity index (χ0) is 11.4. The molecule has 0 fully saturated rings. The third-order valence-corrected chi connectivity index (χ3v) is 3.51. The summed E-state index contributed by atoms with van der Waals surface area (Å²) in [6.07, 6.45) is 0.953. The van der Waals surface area contributed by atoms with E-state index in [0.29, 0.717) is 13.2 Å². The van der Waals surface area contributed by atoms with Crippen molar-refractivity contribution in [2.45, 2.75) is 20.0 Å². The molecule has 0 saturated heterocycles. The zero-order valence-corrected chi connectivity index (χ0v) is 10.2. The van der Waals surface area contributed by atoms with Crippen LogP contribution in [0.3, 0.4) is 0 Å². The molecule has 2 N–H and O–H groups in total. The minimum absolute atomic E-state index is 0.0152. The average molecular weight is 240 g/mol. The largest absolute Gasteiger partial charge is 0.376 e. The van der Waals surface area contributed by atoms with E-state index in [1.165, 1.54) is 10.4 Å². The Kier molecular flexibility index (Phi) is 3.93. The molecule has 0 spiro atoms. The van der Waals surface area contributed by atoms with Gasteiger partial charge in [0.05, 0.1) is 24.8 Å². The number of anilines is 1. The number of ether oxygens (including phenoxy) is 1. The number of hydrogen-bond acceptors (Lipinski definition) is 4. The summed E-state index contributed by atoms with van der Waals surface area (Å²) in [6, 6.07) is 2.06. The first-order valence-electron chi connectivity index (χ1n) is 5.49. The maximum absolute atomic E-state index is 11.5. The summed E-state index contributed by atoms with van der Waals surface area (Å²) in [5, 5.41) is 6.82. The highest BCUT2D eigenvalue weighted by Crippen LogP contribution is 2.30. The van der Waals surface area contributed by atoms with E-state index in [9.17, 15) is 4.79 Å². The summed E-state index contributed by atoms with van der Waals surface area (Å²) >= 11 is 1.61. The van der Waals surface area contributed by atoms with Gasteiger partial charge in [0, 0.05) is 4.88 Å². The minimum Gasteiger partial charge on any atom is -0.376 e. The molecular formula is C11H16N2O2S. The van der Waals surface area contributed by atoms with Gasteiger partial charge in [-0.15, -0.1) is 11.3 Å². The summed E-state index contributed by atoms with van der Waals surface area (Å²) < 4.78 is 5.36. The molecule has 2 heterocycles. The molecule has 1 aromatic heterocycles. The van der Waals surface area contributed by atoms with Gasteiger partial charge in [-0.25, -0.2) is 0 Å². The molecule has 1 aromatic rings. The Morgan fingerprint density at radius 1 is 1.62 bits per heavy atom. The van der Waals surface area contributed by atoms with Crippen molar-refractivity contribution in [3.63, 3.8) is 0 Å². The lowest BCUT2D eigenvalue weighted by molar-refractivity contribution is -0.115. The lowest BCUT2D eigenvalue weighted by atomic mass is 10.2. The molecule has 5 heteroatoms. The lowest BCUT2D eigenvalue weighted by Gasteiger charge is -2.10. The number of thiophene rings is 1. The first kappa shape index (κ1) is 11.6. The van der Waals surface area contributed by atoms with E-state index in [1.807, 2.05) is 6.92 Å². The second-order valence-electron chi connectivity index (χ2n) is 3.69. The van der Waals surface area contributed by atoms with Crippen molar-refractivity contribution in [3.05, 3.63) is 16.5 Å². The Hall–Kier alpha value is -0.910. The fourth-order valence-corrected chi connectivity index (χ4v) is 2.69. The number of nitrogens with one attached hydrogen (secondary N) is 2. The average Bonchev–Trinajstić information content (AvgIpc) is 2.68. The molecule has 4 nitrogen and oxygen atoms in total. The van der Waals surface area contributed by atoms with Gasteiger partial charge in [0.25, 0.3) is 0 Å². The summed E-state index contributed by atoms with van der Waals surface area (Å²) in [5.41, 5.74) is 1.31. The number of rotatable bonds is 4. The van der Waals surface area contributed by atoms with Crippen LogP contribution in [0.15, 0.2) is 6.07 Å². The van der Waals surface area contributed by atoms with Gasteiger partial charge in [-0.05, 0) is 24.6 Å². The van der Waals surface area contributed by atoms with E-state index in [-0.39, 0.29) is 5.91 Å². The van der Waals surface area contributed by atoms with Gasteiger partial charge in [0.15, 0.2) is 0 Å². The number of amides is 1. The summed E-state index contributed by atoms with van der Waals surface area (Å²) in [5.74, 6) is 0.0152. The Balaban J connectivity index is 1.94. The van der Waals surface area contributed by atoms with E-state index >= 15 is 0 Å². The van der Waals surface area contributed by atoms with Crippen molar-refractivity contribution in [2.75, 3.05) is 25.0 Å². The highest BCUT2D eigenvalue weighted by Gasteiger charge is 2.14. The third kappa shape index (κ3) is 2.81. The number of hydrogen-bond donors (Lipinski definition) is 2. The fourth-order valence-electron chi connectivity index (χ4n) is 1.63. The number of fused-ring (bicyclic) bond motifs is 1. The maximum atomic E-state index is 11.5. The molecule has 0 radical (unpaired) electrons. The molecule has 0 aromatic carbocycles. The van der Waals surface area contributed by atoms with E-state index in [2.05, 4.69) is 16.7 Å². The van der Waals surface area contributed by atoms with Crippen molar-refractivity contribution in [1.82, 2.24) is 5.32 Å². The van der Waals surface area contributed by atoms with Crippen LogP contribution in [0.4, 0.5) is 5.00 Å². The normalized spacial score (nSPS) is 14.6. The number of likely N-dealkylation sites (N-methyl/N-ethyl adjacent to an activating group) is 1.